The maximum atomic E-state index is 12.8. The molecule has 0 aliphatic carbocycles. The lowest BCUT2D eigenvalue weighted by atomic mass is 9.92. The Bertz CT molecular complexity index is 485. The topological polar surface area (TPSA) is 20.2 Å². The van der Waals surface area contributed by atoms with Crippen molar-refractivity contribution >= 4 is 11.3 Å². The second-order valence-corrected chi connectivity index (χ2v) is 4.93. The van der Waals surface area contributed by atoms with Crippen LogP contribution in [0.1, 0.15) is 22.9 Å². The molecule has 0 spiro atoms. The van der Waals surface area contributed by atoms with Crippen LogP contribution in [0.25, 0.3) is 0 Å². The normalized spacial score (nSPS) is 14.8. The van der Waals surface area contributed by atoms with Crippen LogP contribution >= 0.6 is 11.3 Å². The van der Waals surface area contributed by atoms with Gasteiger partial charge < -0.3 is 5.11 Å². The van der Waals surface area contributed by atoms with E-state index in [4.69, 9.17) is 0 Å². The molecule has 0 saturated carbocycles. The molecule has 1 aromatic carbocycles. The largest absolute Gasteiger partial charge is 0.380 e. The number of rotatable bonds is 2. The fourth-order valence-electron chi connectivity index (χ4n) is 1.78. The Morgan fingerprint density at radius 1 is 1.19 bits per heavy atom. The predicted molar refractivity (Wildman–Crippen MR) is 64.1 cm³/mol. The van der Waals surface area contributed by atoms with Crippen molar-refractivity contribution in [2.75, 3.05) is 0 Å². The summed E-state index contributed by atoms with van der Waals surface area (Å²) < 4.78 is 12.8. The quantitative estimate of drug-likeness (QED) is 0.846. The average molecular weight is 236 g/mol. The maximum absolute atomic E-state index is 12.8. The Kier molecular flexibility index (Phi) is 2.82. The van der Waals surface area contributed by atoms with Crippen LogP contribution < -0.4 is 0 Å². The summed E-state index contributed by atoms with van der Waals surface area (Å²) in [6.07, 6.45) is 0. The van der Waals surface area contributed by atoms with E-state index in [1.807, 2.05) is 18.4 Å². The molecule has 2 aromatic rings. The van der Waals surface area contributed by atoms with Crippen LogP contribution in [0.2, 0.25) is 0 Å². The van der Waals surface area contributed by atoms with Gasteiger partial charge in [0.15, 0.2) is 0 Å². The van der Waals surface area contributed by atoms with Crippen LogP contribution in [0, 0.1) is 12.7 Å². The zero-order valence-corrected chi connectivity index (χ0v) is 10.0. The zero-order valence-electron chi connectivity index (χ0n) is 9.20. The Morgan fingerprint density at radius 2 is 1.81 bits per heavy atom. The third-order valence-corrected chi connectivity index (χ3v) is 3.94. The molecule has 1 N–H and O–H groups in total. The summed E-state index contributed by atoms with van der Waals surface area (Å²) in [4.78, 5) is 0.902. The molecule has 1 nitrogen and oxygen atoms in total. The molecule has 0 fully saturated rings. The van der Waals surface area contributed by atoms with Gasteiger partial charge in [-0.1, -0.05) is 12.1 Å². The third-order valence-electron chi connectivity index (χ3n) is 2.71. The van der Waals surface area contributed by atoms with Crippen molar-refractivity contribution in [1.29, 1.82) is 0 Å². The lowest BCUT2D eigenvalue weighted by Crippen LogP contribution is -2.22. The fourth-order valence-corrected chi connectivity index (χ4v) is 2.79. The zero-order chi connectivity index (χ0) is 11.8. The van der Waals surface area contributed by atoms with Crippen LogP contribution in [0.3, 0.4) is 0 Å². The van der Waals surface area contributed by atoms with Gasteiger partial charge in [0.25, 0.3) is 0 Å². The van der Waals surface area contributed by atoms with Gasteiger partial charge in [0, 0.05) is 4.88 Å². The highest BCUT2D eigenvalue weighted by Gasteiger charge is 2.28. The van der Waals surface area contributed by atoms with E-state index in [-0.39, 0.29) is 5.82 Å². The van der Waals surface area contributed by atoms with E-state index < -0.39 is 5.60 Å². The van der Waals surface area contributed by atoms with E-state index in [0.717, 1.165) is 10.4 Å². The number of aryl methyl sites for hydroxylation is 1. The van der Waals surface area contributed by atoms with Gasteiger partial charge in [0.2, 0.25) is 0 Å². The molecule has 3 heteroatoms. The molecule has 1 atom stereocenters. The molecule has 0 bridgehead atoms. The molecule has 1 unspecified atom stereocenters. The van der Waals surface area contributed by atoms with Crippen molar-refractivity contribution in [2.24, 2.45) is 0 Å². The number of aliphatic hydroxyl groups is 1. The smallest absolute Gasteiger partial charge is 0.123 e. The van der Waals surface area contributed by atoms with E-state index >= 15 is 0 Å². The number of hydrogen-bond donors (Lipinski definition) is 1. The summed E-state index contributed by atoms with van der Waals surface area (Å²) in [5.74, 6) is -0.289. The molecular weight excluding hydrogens is 223 g/mol. The Morgan fingerprint density at radius 3 is 2.31 bits per heavy atom. The van der Waals surface area contributed by atoms with E-state index in [1.54, 1.807) is 19.1 Å². The lowest BCUT2D eigenvalue weighted by molar-refractivity contribution is 0.105. The molecule has 84 valence electrons. The van der Waals surface area contributed by atoms with Gasteiger partial charge in [0.05, 0.1) is 0 Å². The third kappa shape index (κ3) is 1.88. The van der Waals surface area contributed by atoms with Crippen molar-refractivity contribution in [3.63, 3.8) is 0 Å². The second-order valence-electron chi connectivity index (χ2n) is 4.01. The Balaban J connectivity index is 2.46. The molecule has 0 saturated heterocycles. The van der Waals surface area contributed by atoms with Crippen molar-refractivity contribution in [2.45, 2.75) is 19.4 Å². The van der Waals surface area contributed by atoms with Gasteiger partial charge in [-0.2, -0.15) is 0 Å². The number of hydrogen-bond acceptors (Lipinski definition) is 2. The first-order chi connectivity index (χ1) is 7.51. The van der Waals surface area contributed by atoms with Crippen molar-refractivity contribution in [3.05, 3.63) is 57.5 Å². The Hall–Kier alpha value is -1.19. The highest BCUT2D eigenvalue weighted by Crippen LogP contribution is 2.34. The summed E-state index contributed by atoms with van der Waals surface area (Å²) in [7, 11) is 0. The molecule has 16 heavy (non-hydrogen) atoms. The minimum Gasteiger partial charge on any atom is -0.380 e. The molecule has 1 heterocycles. The molecule has 0 aliphatic heterocycles. The summed E-state index contributed by atoms with van der Waals surface area (Å²) in [5.41, 5.74) is 0.713. The molecular formula is C13H13FOS. The van der Waals surface area contributed by atoms with Crippen molar-refractivity contribution in [3.8, 4) is 0 Å². The summed E-state index contributed by atoms with van der Waals surface area (Å²) in [6, 6.07) is 7.94. The highest BCUT2D eigenvalue weighted by molar-refractivity contribution is 7.10. The molecule has 1 aromatic heterocycles. The predicted octanol–water partition coefficient (Wildman–Crippen LogP) is 3.45. The van der Waals surface area contributed by atoms with E-state index in [0.29, 0.717) is 5.56 Å². The second kappa shape index (κ2) is 4.00. The summed E-state index contributed by atoms with van der Waals surface area (Å²) >= 11 is 1.51. The number of benzene rings is 1. The average Bonchev–Trinajstić information content (AvgIpc) is 2.66. The minimum atomic E-state index is -1.05. The van der Waals surface area contributed by atoms with Crippen LogP contribution in [-0.2, 0) is 5.60 Å². The number of halogens is 1. The Labute approximate surface area is 98.2 Å². The highest BCUT2D eigenvalue weighted by atomic mass is 32.1. The minimum absolute atomic E-state index is 0.289. The molecule has 0 amide bonds. The number of thiophene rings is 1. The van der Waals surface area contributed by atoms with Gasteiger partial charge in [-0.15, -0.1) is 11.3 Å². The van der Waals surface area contributed by atoms with Gasteiger partial charge in [-0.05, 0) is 48.6 Å². The van der Waals surface area contributed by atoms with Gasteiger partial charge in [-0.25, -0.2) is 4.39 Å². The fraction of sp³-hybridized carbons (Fsp3) is 0.231. The van der Waals surface area contributed by atoms with Crippen LogP contribution in [0.15, 0.2) is 35.7 Å². The molecule has 0 radical (unpaired) electrons. The SMILES string of the molecule is Cc1ccsc1C(C)(O)c1ccc(F)cc1. The summed E-state index contributed by atoms with van der Waals surface area (Å²) in [6.45, 7) is 3.70. The first kappa shape index (κ1) is 11.3. The van der Waals surface area contributed by atoms with Gasteiger partial charge in [-0.3, -0.25) is 0 Å². The van der Waals surface area contributed by atoms with E-state index in [2.05, 4.69) is 0 Å². The van der Waals surface area contributed by atoms with Crippen LogP contribution in [-0.4, -0.2) is 5.11 Å². The monoisotopic (exact) mass is 236 g/mol. The van der Waals surface area contributed by atoms with Crippen molar-refractivity contribution in [1.82, 2.24) is 0 Å². The lowest BCUT2D eigenvalue weighted by Gasteiger charge is -2.23. The van der Waals surface area contributed by atoms with Crippen molar-refractivity contribution < 1.29 is 9.50 Å². The van der Waals surface area contributed by atoms with Crippen LogP contribution in [0.4, 0.5) is 4.39 Å². The van der Waals surface area contributed by atoms with E-state index in [1.165, 1.54) is 23.5 Å². The van der Waals surface area contributed by atoms with E-state index in [9.17, 15) is 9.50 Å². The molecule has 2 rings (SSSR count). The molecule has 0 aliphatic rings. The van der Waals surface area contributed by atoms with Gasteiger partial charge in [0.1, 0.15) is 11.4 Å². The van der Waals surface area contributed by atoms with Gasteiger partial charge >= 0.3 is 0 Å². The van der Waals surface area contributed by atoms with Crippen LogP contribution in [0.5, 0.6) is 0 Å². The summed E-state index contributed by atoms with van der Waals surface area (Å²) in [5, 5.41) is 12.5. The maximum Gasteiger partial charge on any atom is 0.123 e. The first-order valence-electron chi connectivity index (χ1n) is 5.05. The first-order valence-corrected chi connectivity index (χ1v) is 5.93. The standard InChI is InChI=1S/C13H13FOS/c1-9-7-8-16-12(9)13(2,15)10-3-5-11(14)6-4-10/h3-8,15H,1-2H3.